The van der Waals surface area contributed by atoms with Gasteiger partial charge in [0.05, 0.1) is 22.9 Å². The van der Waals surface area contributed by atoms with Crippen molar-refractivity contribution >= 4 is 40.0 Å². The molecule has 0 aliphatic carbocycles. The lowest BCUT2D eigenvalue weighted by Gasteiger charge is -2.33. The van der Waals surface area contributed by atoms with Gasteiger partial charge < -0.3 is 24.4 Å². The molecule has 5 heterocycles. The molecule has 2 aliphatic rings. The Morgan fingerprint density at radius 2 is 1.86 bits per heavy atom. The number of piperazine rings is 1. The number of pyridine rings is 2. The third-order valence-electron chi connectivity index (χ3n) is 7.06. The van der Waals surface area contributed by atoms with Gasteiger partial charge in [0.25, 0.3) is 5.91 Å². The topological polar surface area (TPSA) is 77.6 Å². The highest BCUT2D eigenvalue weighted by Gasteiger charge is 2.25. The van der Waals surface area contributed by atoms with E-state index in [1.165, 1.54) is 6.08 Å². The van der Waals surface area contributed by atoms with Crippen molar-refractivity contribution in [3.63, 3.8) is 0 Å². The number of halogens is 1. The number of likely N-dealkylation sites (N-methyl/N-ethyl adjacent to an activating group) is 1. The predicted molar refractivity (Wildman–Crippen MR) is 148 cm³/mol. The number of nitrogens with zero attached hydrogens (tertiary/aromatic N) is 5. The molecule has 2 aliphatic heterocycles. The summed E-state index contributed by atoms with van der Waals surface area (Å²) in [7, 11) is 2.14. The van der Waals surface area contributed by atoms with E-state index in [4.69, 9.17) is 16.3 Å². The number of hydrogen-bond donors (Lipinski definition) is 1. The van der Waals surface area contributed by atoms with Gasteiger partial charge in [0.15, 0.2) is 0 Å². The van der Waals surface area contributed by atoms with E-state index in [9.17, 15) is 4.79 Å². The van der Waals surface area contributed by atoms with Crippen LogP contribution < -0.4 is 14.5 Å². The summed E-state index contributed by atoms with van der Waals surface area (Å²) in [5.41, 5.74) is 5.11. The Bertz CT molecular complexity index is 1510. The summed E-state index contributed by atoms with van der Waals surface area (Å²) in [6.45, 7) is 8.42. The van der Waals surface area contributed by atoms with Crippen molar-refractivity contribution in [3.8, 4) is 28.1 Å². The molecule has 37 heavy (non-hydrogen) atoms. The van der Waals surface area contributed by atoms with Gasteiger partial charge in [-0.25, -0.2) is 9.97 Å². The van der Waals surface area contributed by atoms with Crippen LogP contribution in [0.25, 0.3) is 33.4 Å². The molecular weight excluding hydrogens is 488 g/mol. The van der Waals surface area contributed by atoms with Crippen molar-refractivity contribution < 1.29 is 9.53 Å². The zero-order valence-electron chi connectivity index (χ0n) is 20.6. The third-order valence-corrected chi connectivity index (χ3v) is 7.37. The highest BCUT2D eigenvalue weighted by molar-refractivity contribution is 6.36. The van der Waals surface area contributed by atoms with Gasteiger partial charge in [-0.05, 0) is 49.0 Å². The number of ether oxygens (including phenoxy) is 1. The van der Waals surface area contributed by atoms with Gasteiger partial charge in [0.1, 0.15) is 23.8 Å². The summed E-state index contributed by atoms with van der Waals surface area (Å²) >= 11 is 6.74. The average molecular weight is 515 g/mol. The smallest absolute Gasteiger partial charge is 0.250 e. The van der Waals surface area contributed by atoms with Crippen molar-refractivity contribution in [1.82, 2.24) is 19.9 Å². The van der Waals surface area contributed by atoms with Gasteiger partial charge in [0.2, 0.25) is 0 Å². The summed E-state index contributed by atoms with van der Waals surface area (Å²) in [6.07, 6.45) is 4.87. The fourth-order valence-corrected chi connectivity index (χ4v) is 5.32. The number of amides is 1. The first-order valence-electron chi connectivity index (χ1n) is 12.3. The molecule has 0 atom stereocenters. The number of anilines is 2. The Balaban J connectivity index is 1.51. The fourth-order valence-electron chi connectivity index (χ4n) is 5.08. The number of aromatic amines is 1. The van der Waals surface area contributed by atoms with Crippen molar-refractivity contribution in [2.75, 3.05) is 56.2 Å². The van der Waals surface area contributed by atoms with E-state index in [2.05, 4.69) is 44.4 Å². The Morgan fingerprint density at radius 3 is 2.68 bits per heavy atom. The molecule has 1 amide bonds. The van der Waals surface area contributed by atoms with Crippen LogP contribution in [0, 0.1) is 0 Å². The number of benzene rings is 1. The van der Waals surface area contributed by atoms with Crippen LogP contribution in [0.3, 0.4) is 0 Å². The van der Waals surface area contributed by atoms with E-state index in [1.54, 1.807) is 17.2 Å². The lowest BCUT2D eigenvalue weighted by atomic mass is 9.98. The molecule has 188 valence electrons. The highest BCUT2D eigenvalue weighted by Crippen LogP contribution is 2.44. The normalized spacial score (nSPS) is 15.9. The fraction of sp³-hybridized carbons (Fsp3) is 0.250. The standard InChI is InChI=1S/C28H27ClN6O2/c1-3-24(36)35-14-15-37-22-5-4-18(16-21(22)35)25-26-20(29)7-9-31-28(26)32-27(25)19-6-8-30-23(17-19)34-12-10-33(2)11-13-34/h3-9,16-17H,1,10-15H2,2H3,(H,31,32). The Morgan fingerprint density at radius 1 is 1.05 bits per heavy atom. The number of fused-ring (bicyclic) bond motifs is 2. The van der Waals surface area contributed by atoms with Gasteiger partial charge in [-0.1, -0.05) is 24.2 Å². The number of carbonyl (C=O) groups is 1. The van der Waals surface area contributed by atoms with Crippen molar-refractivity contribution in [1.29, 1.82) is 0 Å². The summed E-state index contributed by atoms with van der Waals surface area (Å²) in [6, 6.07) is 11.8. The van der Waals surface area contributed by atoms with E-state index in [-0.39, 0.29) is 5.91 Å². The van der Waals surface area contributed by atoms with E-state index in [1.807, 2.05) is 30.5 Å². The third kappa shape index (κ3) is 4.22. The lowest BCUT2D eigenvalue weighted by molar-refractivity contribution is -0.114. The van der Waals surface area contributed by atoms with Gasteiger partial charge >= 0.3 is 0 Å². The molecule has 8 nitrogen and oxygen atoms in total. The molecule has 1 saturated heterocycles. The van der Waals surface area contributed by atoms with Gasteiger partial charge in [-0.2, -0.15) is 0 Å². The maximum Gasteiger partial charge on any atom is 0.250 e. The summed E-state index contributed by atoms with van der Waals surface area (Å²) in [5.74, 6) is 1.44. The van der Waals surface area contributed by atoms with Crippen LogP contribution in [0.4, 0.5) is 11.5 Å². The number of hydrogen-bond acceptors (Lipinski definition) is 6. The molecule has 0 radical (unpaired) electrons. The van der Waals surface area contributed by atoms with Crippen LogP contribution in [0.15, 0.2) is 61.4 Å². The second kappa shape index (κ2) is 9.53. The first-order chi connectivity index (χ1) is 18.0. The highest BCUT2D eigenvalue weighted by atomic mass is 35.5. The monoisotopic (exact) mass is 514 g/mol. The van der Waals surface area contributed by atoms with Gasteiger partial charge in [0, 0.05) is 55.1 Å². The molecule has 6 rings (SSSR count). The Labute approximate surface area is 220 Å². The molecule has 1 aromatic carbocycles. The van der Waals surface area contributed by atoms with Crippen molar-refractivity contribution in [2.24, 2.45) is 0 Å². The molecule has 4 aromatic rings. The van der Waals surface area contributed by atoms with Crippen LogP contribution >= 0.6 is 11.6 Å². The zero-order valence-corrected chi connectivity index (χ0v) is 21.3. The van der Waals surface area contributed by atoms with Crippen LogP contribution in [0.2, 0.25) is 5.02 Å². The van der Waals surface area contributed by atoms with Crippen LogP contribution in [0.1, 0.15) is 0 Å². The Kier molecular flexibility index (Phi) is 6.06. The molecule has 3 aromatic heterocycles. The first-order valence-corrected chi connectivity index (χ1v) is 12.7. The minimum Gasteiger partial charge on any atom is -0.490 e. The quantitative estimate of drug-likeness (QED) is 0.401. The lowest BCUT2D eigenvalue weighted by Crippen LogP contribution is -2.44. The summed E-state index contributed by atoms with van der Waals surface area (Å²) < 4.78 is 5.85. The maximum atomic E-state index is 12.6. The number of rotatable bonds is 4. The van der Waals surface area contributed by atoms with E-state index in [0.29, 0.717) is 35.3 Å². The maximum absolute atomic E-state index is 12.6. The van der Waals surface area contributed by atoms with E-state index < -0.39 is 0 Å². The second-order valence-corrected chi connectivity index (χ2v) is 9.72. The minimum absolute atomic E-state index is 0.161. The number of aromatic nitrogens is 3. The summed E-state index contributed by atoms with van der Waals surface area (Å²) in [4.78, 5) is 31.7. The predicted octanol–water partition coefficient (Wildman–Crippen LogP) is 4.61. The molecule has 0 unspecified atom stereocenters. The molecule has 9 heteroatoms. The number of carbonyl (C=O) groups excluding carboxylic acids is 1. The van der Waals surface area contributed by atoms with Gasteiger partial charge in [-0.3, -0.25) is 4.79 Å². The SMILES string of the molecule is C=CC(=O)N1CCOc2ccc(-c3c(-c4ccnc(N5CCN(C)CC5)c4)[nH]c4nccc(Cl)c34)cc21. The number of nitrogens with one attached hydrogen (secondary N) is 1. The molecular formula is C28H27ClN6O2. The number of H-pyrrole nitrogens is 1. The molecule has 0 bridgehead atoms. The van der Waals surface area contributed by atoms with E-state index in [0.717, 1.165) is 59.8 Å². The van der Waals surface area contributed by atoms with Crippen LogP contribution in [-0.4, -0.2) is 72.1 Å². The molecule has 1 fully saturated rings. The Hall–Kier alpha value is -3.88. The largest absolute Gasteiger partial charge is 0.490 e. The van der Waals surface area contributed by atoms with Crippen molar-refractivity contribution in [2.45, 2.75) is 0 Å². The second-order valence-electron chi connectivity index (χ2n) is 9.31. The van der Waals surface area contributed by atoms with Crippen LogP contribution in [0.5, 0.6) is 5.75 Å². The zero-order chi connectivity index (χ0) is 25.5. The molecule has 0 saturated carbocycles. The van der Waals surface area contributed by atoms with Crippen molar-refractivity contribution in [3.05, 3.63) is 66.5 Å². The first kappa shape index (κ1) is 23.5. The molecule has 0 spiro atoms. The van der Waals surface area contributed by atoms with E-state index >= 15 is 0 Å². The molecule has 1 N–H and O–H groups in total. The van der Waals surface area contributed by atoms with Crippen LogP contribution in [-0.2, 0) is 4.79 Å². The average Bonchev–Trinajstić information content (AvgIpc) is 3.33. The summed E-state index contributed by atoms with van der Waals surface area (Å²) in [5, 5.41) is 1.43. The minimum atomic E-state index is -0.161. The van der Waals surface area contributed by atoms with Gasteiger partial charge in [-0.15, -0.1) is 0 Å².